The van der Waals surface area contributed by atoms with Gasteiger partial charge in [-0.15, -0.1) is 0 Å². The third-order valence-corrected chi connectivity index (χ3v) is 5.11. The number of fused-ring (bicyclic) bond motifs is 1. The number of carbonyl (C=O) groups excluding carboxylic acids is 1. The van der Waals surface area contributed by atoms with Crippen LogP contribution in [0.2, 0.25) is 0 Å². The van der Waals surface area contributed by atoms with E-state index in [1.54, 1.807) is 11.8 Å². The first kappa shape index (κ1) is 17.6. The Kier molecular flexibility index (Phi) is 4.30. The Labute approximate surface area is 142 Å². The number of benzene rings is 1. The first-order valence-electron chi connectivity index (χ1n) is 7.13. The summed E-state index contributed by atoms with van der Waals surface area (Å²) in [5.74, 6) is -0.246. The van der Waals surface area contributed by atoms with Crippen LogP contribution in [-0.4, -0.2) is 18.6 Å². The molecule has 2 rings (SSSR count). The van der Waals surface area contributed by atoms with Crippen molar-refractivity contribution in [2.45, 2.75) is 45.7 Å². The number of carbonyl (C=O) groups is 1. The van der Waals surface area contributed by atoms with Crippen molar-refractivity contribution in [2.75, 3.05) is 11.4 Å². The van der Waals surface area contributed by atoms with Gasteiger partial charge in [0.1, 0.15) is 0 Å². The fraction of sp³-hybridized carbons (Fsp3) is 0.562. The summed E-state index contributed by atoms with van der Waals surface area (Å²) in [7, 11) is 0. The van der Waals surface area contributed by atoms with Crippen LogP contribution in [-0.2, 0) is 10.2 Å². The molecule has 0 radical (unpaired) electrons. The number of hydrogen-bond donors (Lipinski definition) is 0. The first-order chi connectivity index (χ1) is 9.94. The number of alkyl halides is 3. The Balaban J connectivity index is 2.55. The minimum Gasteiger partial charge on any atom is -0.312 e. The largest absolute Gasteiger partial charge is 0.394 e. The van der Waals surface area contributed by atoms with Crippen LogP contribution >= 0.6 is 22.6 Å². The van der Waals surface area contributed by atoms with Crippen molar-refractivity contribution in [1.82, 2.24) is 0 Å². The maximum absolute atomic E-state index is 13.3. The Morgan fingerprint density at radius 3 is 2.36 bits per heavy atom. The van der Waals surface area contributed by atoms with Gasteiger partial charge in [0.05, 0.1) is 10.8 Å². The Morgan fingerprint density at radius 1 is 1.27 bits per heavy atom. The summed E-state index contributed by atoms with van der Waals surface area (Å²) in [5.41, 5.74) is -1.65. The molecule has 122 valence electrons. The minimum atomic E-state index is -4.35. The maximum Gasteiger partial charge on any atom is 0.394 e. The maximum atomic E-state index is 13.3. The predicted molar refractivity (Wildman–Crippen MR) is 89.0 cm³/mol. The highest BCUT2D eigenvalue weighted by atomic mass is 127. The van der Waals surface area contributed by atoms with Gasteiger partial charge in [0.2, 0.25) is 5.91 Å². The van der Waals surface area contributed by atoms with E-state index < -0.39 is 17.0 Å². The molecule has 1 aliphatic heterocycles. The van der Waals surface area contributed by atoms with E-state index in [0.29, 0.717) is 12.1 Å². The SMILES string of the molecule is CCN1C(=O)[C@](C)(CC(C)(C)C(F)(F)F)c2cc(I)ccc21. The number of amides is 1. The van der Waals surface area contributed by atoms with Gasteiger partial charge >= 0.3 is 6.18 Å². The van der Waals surface area contributed by atoms with E-state index in [9.17, 15) is 18.0 Å². The molecule has 0 unspecified atom stereocenters. The molecule has 0 fully saturated rings. The fourth-order valence-electron chi connectivity index (χ4n) is 3.18. The third kappa shape index (κ3) is 2.63. The van der Waals surface area contributed by atoms with E-state index >= 15 is 0 Å². The van der Waals surface area contributed by atoms with Gasteiger partial charge in [-0.2, -0.15) is 13.2 Å². The number of likely N-dealkylation sites (N-methyl/N-ethyl adjacent to an activating group) is 1. The molecule has 0 N–H and O–H groups in total. The molecule has 1 atom stereocenters. The van der Waals surface area contributed by atoms with Crippen molar-refractivity contribution in [2.24, 2.45) is 5.41 Å². The Hall–Kier alpha value is -0.790. The van der Waals surface area contributed by atoms with E-state index in [1.165, 1.54) is 0 Å². The van der Waals surface area contributed by atoms with Crippen molar-refractivity contribution < 1.29 is 18.0 Å². The second-order valence-corrected chi connectivity index (χ2v) is 7.85. The lowest BCUT2D eigenvalue weighted by atomic mass is 9.70. The van der Waals surface area contributed by atoms with Gasteiger partial charge in [-0.1, -0.05) is 13.8 Å². The standard InChI is InChI=1S/C16H19F3INO/c1-5-21-12-7-6-10(20)8-11(12)15(4,13(21)22)9-14(2,3)16(17,18)19/h6-8H,5,9H2,1-4H3/t15-/m1/s1. The molecule has 1 aromatic rings. The molecular formula is C16H19F3INO. The number of hydrogen-bond acceptors (Lipinski definition) is 1. The predicted octanol–water partition coefficient (Wildman–Crippen LogP) is 4.89. The smallest absolute Gasteiger partial charge is 0.312 e. The van der Waals surface area contributed by atoms with Gasteiger partial charge in [-0.05, 0) is 66.6 Å². The van der Waals surface area contributed by atoms with Gasteiger partial charge < -0.3 is 4.90 Å². The highest BCUT2D eigenvalue weighted by Gasteiger charge is 2.56. The minimum absolute atomic E-state index is 0.246. The van der Waals surface area contributed by atoms with Crippen LogP contribution in [0.15, 0.2) is 18.2 Å². The summed E-state index contributed by atoms with van der Waals surface area (Å²) >= 11 is 2.12. The molecule has 2 nitrogen and oxygen atoms in total. The van der Waals surface area contributed by atoms with Crippen molar-refractivity contribution in [1.29, 1.82) is 0 Å². The lowest BCUT2D eigenvalue weighted by Crippen LogP contribution is -2.45. The molecule has 1 aromatic carbocycles. The molecule has 0 aliphatic carbocycles. The van der Waals surface area contributed by atoms with Crippen molar-refractivity contribution in [3.8, 4) is 0 Å². The number of anilines is 1. The van der Waals surface area contributed by atoms with E-state index in [-0.39, 0.29) is 12.3 Å². The zero-order chi connectivity index (χ0) is 16.9. The summed E-state index contributed by atoms with van der Waals surface area (Å²) in [4.78, 5) is 14.4. The second-order valence-electron chi connectivity index (χ2n) is 6.60. The molecular weight excluding hydrogens is 406 g/mol. The summed E-state index contributed by atoms with van der Waals surface area (Å²) < 4.78 is 40.8. The zero-order valence-corrected chi connectivity index (χ0v) is 15.2. The molecule has 22 heavy (non-hydrogen) atoms. The van der Waals surface area contributed by atoms with Crippen LogP contribution in [0.5, 0.6) is 0 Å². The topological polar surface area (TPSA) is 20.3 Å². The molecule has 1 heterocycles. The van der Waals surface area contributed by atoms with Gasteiger partial charge in [-0.3, -0.25) is 4.79 Å². The van der Waals surface area contributed by atoms with Crippen molar-refractivity contribution in [3.63, 3.8) is 0 Å². The van der Waals surface area contributed by atoms with E-state index in [0.717, 1.165) is 23.1 Å². The first-order valence-corrected chi connectivity index (χ1v) is 8.20. The summed E-state index contributed by atoms with van der Waals surface area (Å²) in [6, 6.07) is 5.52. The molecule has 1 amide bonds. The van der Waals surface area contributed by atoms with Crippen LogP contribution in [0.4, 0.5) is 18.9 Å². The van der Waals surface area contributed by atoms with Gasteiger partial charge in [0.15, 0.2) is 0 Å². The van der Waals surface area contributed by atoms with Crippen LogP contribution in [0.25, 0.3) is 0 Å². The average molecular weight is 425 g/mol. The van der Waals surface area contributed by atoms with Crippen LogP contribution < -0.4 is 4.90 Å². The summed E-state index contributed by atoms with van der Waals surface area (Å²) in [6.07, 6.45) is -4.61. The lowest BCUT2D eigenvalue weighted by molar-refractivity contribution is -0.217. The van der Waals surface area contributed by atoms with E-state index in [4.69, 9.17) is 0 Å². The van der Waals surface area contributed by atoms with E-state index in [1.807, 2.05) is 25.1 Å². The number of nitrogens with zero attached hydrogens (tertiary/aromatic N) is 1. The quantitative estimate of drug-likeness (QED) is 0.632. The molecule has 0 bridgehead atoms. The van der Waals surface area contributed by atoms with Crippen LogP contribution in [0.1, 0.15) is 39.7 Å². The van der Waals surface area contributed by atoms with Gasteiger partial charge in [0.25, 0.3) is 0 Å². The molecule has 1 aliphatic rings. The molecule has 0 saturated carbocycles. The van der Waals surface area contributed by atoms with Gasteiger partial charge in [0, 0.05) is 15.8 Å². The monoisotopic (exact) mass is 425 g/mol. The highest BCUT2D eigenvalue weighted by molar-refractivity contribution is 14.1. The Bertz CT molecular complexity index is 612. The molecule has 6 heteroatoms. The lowest BCUT2D eigenvalue weighted by Gasteiger charge is -2.35. The average Bonchev–Trinajstić information content (AvgIpc) is 2.57. The normalized spacial score (nSPS) is 22.2. The molecule has 0 aromatic heterocycles. The molecule has 0 spiro atoms. The van der Waals surface area contributed by atoms with Crippen LogP contribution in [0, 0.1) is 8.99 Å². The molecule has 0 saturated heterocycles. The van der Waals surface area contributed by atoms with Crippen LogP contribution in [0.3, 0.4) is 0 Å². The number of halogens is 4. The van der Waals surface area contributed by atoms with Gasteiger partial charge in [-0.25, -0.2) is 0 Å². The highest BCUT2D eigenvalue weighted by Crippen LogP contribution is 2.52. The third-order valence-electron chi connectivity index (χ3n) is 4.44. The number of rotatable bonds is 3. The van der Waals surface area contributed by atoms with Crippen molar-refractivity contribution in [3.05, 3.63) is 27.3 Å². The van der Waals surface area contributed by atoms with E-state index in [2.05, 4.69) is 22.6 Å². The van der Waals surface area contributed by atoms with Crippen molar-refractivity contribution >= 4 is 34.2 Å². The zero-order valence-electron chi connectivity index (χ0n) is 13.0. The Morgan fingerprint density at radius 2 is 1.86 bits per heavy atom. The fourth-order valence-corrected chi connectivity index (χ4v) is 3.67. The second kappa shape index (κ2) is 5.39. The summed E-state index contributed by atoms with van der Waals surface area (Å²) in [5, 5.41) is 0. The summed E-state index contributed by atoms with van der Waals surface area (Å²) in [6.45, 7) is 6.24.